The number of benzene rings is 2. The summed E-state index contributed by atoms with van der Waals surface area (Å²) in [6.45, 7) is 1.87. The lowest BCUT2D eigenvalue weighted by molar-refractivity contribution is -0.139. The topological polar surface area (TPSA) is 95.6 Å². The van der Waals surface area contributed by atoms with Crippen molar-refractivity contribution in [3.63, 3.8) is 0 Å². The zero-order chi connectivity index (χ0) is 24.0. The number of piperidine rings is 1. The molecule has 2 aromatic rings. The fourth-order valence-corrected chi connectivity index (χ4v) is 5.87. The molecule has 2 aromatic carbocycles. The Hall–Kier alpha value is -2.85. The summed E-state index contributed by atoms with van der Waals surface area (Å²) in [7, 11) is -3.83. The minimum atomic E-state index is -3.83. The Morgan fingerprint density at radius 2 is 1.79 bits per heavy atom. The molecule has 0 unspecified atom stereocenters. The number of hydrogen-bond acceptors (Lipinski definition) is 4. The average Bonchev–Trinajstić information content (AvgIpc) is 2.78. The number of nitrogens with zero attached hydrogens (tertiary/aromatic N) is 1. The van der Waals surface area contributed by atoms with Crippen molar-refractivity contribution in [2.45, 2.75) is 50.1 Å². The van der Waals surface area contributed by atoms with Gasteiger partial charge in [-0.1, -0.05) is 24.6 Å². The second kappa shape index (κ2) is 10.8. The van der Waals surface area contributed by atoms with Gasteiger partial charge in [-0.05, 0) is 56.0 Å². The third kappa shape index (κ3) is 6.14. The first-order chi connectivity index (χ1) is 15.7. The highest BCUT2D eigenvalue weighted by atomic mass is 32.2. The highest BCUT2D eigenvalue weighted by Gasteiger charge is 2.34. The van der Waals surface area contributed by atoms with Crippen LogP contribution in [0.4, 0.5) is 8.78 Å². The molecule has 1 fully saturated rings. The number of halogens is 2. The molecular weight excluding hydrogens is 452 g/mol. The summed E-state index contributed by atoms with van der Waals surface area (Å²) in [6, 6.07) is 9.16. The SMILES string of the molecule is Cc1cc(F)ccc1S(=O)(=O)N1CCCC[C@@H]1CCNC(=O)C(=O)NCc1ccccc1F. The molecule has 178 valence electrons. The van der Waals surface area contributed by atoms with Crippen molar-refractivity contribution >= 4 is 21.8 Å². The van der Waals surface area contributed by atoms with Crippen LogP contribution in [0, 0.1) is 18.6 Å². The molecule has 0 saturated carbocycles. The number of hydrogen-bond donors (Lipinski definition) is 2. The van der Waals surface area contributed by atoms with Crippen LogP contribution in [0.3, 0.4) is 0 Å². The van der Waals surface area contributed by atoms with Crippen LogP contribution in [0.5, 0.6) is 0 Å². The highest BCUT2D eigenvalue weighted by Crippen LogP contribution is 2.28. The van der Waals surface area contributed by atoms with E-state index in [4.69, 9.17) is 0 Å². The molecule has 0 radical (unpaired) electrons. The fraction of sp³-hybridized carbons (Fsp3) is 0.391. The lowest BCUT2D eigenvalue weighted by atomic mass is 10.0. The van der Waals surface area contributed by atoms with Gasteiger partial charge in [-0.25, -0.2) is 17.2 Å². The molecule has 1 aliphatic rings. The summed E-state index contributed by atoms with van der Waals surface area (Å²) >= 11 is 0. The lowest BCUT2D eigenvalue weighted by Gasteiger charge is -2.35. The summed E-state index contributed by atoms with van der Waals surface area (Å²) in [6.07, 6.45) is 2.50. The van der Waals surface area contributed by atoms with E-state index < -0.39 is 33.5 Å². The Bertz CT molecular complexity index is 1120. The fourth-order valence-electron chi connectivity index (χ4n) is 3.94. The van der Waals surface area contributed by atoms with Gasteiger partial charge in [0.1, 0.15) is 11.6 Å². The Labute approximate surface area is 192 Å². The van der Waals surface area contributed by atoms with Crippen LogP contribution in [0.1, 0.15) is 36.8 Å². The Balaban J connectivity index is 1.56. The van der Waals surface area contributed by atoms with E-state index in [1.54, 1.807) is 13.0 Å². The van der Waals surface area contributed by atoms with E-state index in [1.165, 1.54) is 34.6 Å². The van der Waals surface area contributed by atoms with E-state index in [2.05, 4.69) is 10.6 Å². The van der Waals surface area contributed by atoms with Crippen LogP contribution in [0.25, 0.3) is 0 Å². The normalized spacial score (nSPS) is 16.9. The molecule has 0 spiro atoms. The summed E-state index contributed by atoms with van der Waals surface area (Å²) in [4.78, 5) is 24.1. The van der Waals surface area contributed by atoms with Crippen LogP contribution in [-0.4, -0.2) is 43.7 Å². The minimum absolute atomic E-state index is 0.0624. The summed E-state index contributed by atoms with van der Waals surface area (Å²) < 4.78 is 54.9. The molecule has 33 heavy (non-hydrogen) atoms. The molecule has 1 heterocycles. The summed E-state index contributed by atoms with van der Waals surface area (Å²) in [5.41, 5.74) is 0.594. The molecule has 1 atom stereocenters. The number of carbonyl (C=O) groups is 2. The van der Waals surface area contributed by atoms with Gasteiger partial charge in [-0.15, -0.1) is 0 Å². The van der Waals surface area contributed by atoms with Gasteiger partial charge in [0.15, 0.2) is 0 Å². The molecule has 0 aliphatic carbocycles. The van der Waals surface area contributed by atoms with Gasteiger partial charge in [-0.3, -0.25) is 9.59 Å². The molecule has 0 aromatic heterocycles. The number of sulfonamides is 1. The number of nitrogens with one attached hydrogen (secondary N) is 2. The third-order valence-corrected chi connectivity index (χ3v) is 7.78. The van der Waals surface area contributed by atoms with Crippen molar-refractivity contribution in [1.29, 1.82) is 0 Å². The van der Waals surface area contributed by atoms with Crippen molar-refractivity contribution in [2.24, 2.45) is 0 Å². The smallest absolute Gasteiger partial charge is 0.309 e. The third-order valence-electron chi connectivity index (χ3n) is 5.66. The Morgan fingerprint density at radius 3 is 2.52 bits per heavy atom. The number of amides is 2. The zero-order valence-electron chi connectivity index (χ0n) is 18.3. The van der Waals surface area contributed by atoms with E-state index in [0.29, 0.717) is 31.4 Å². The van der Waals surface area contributed by atoms with E-state index >= 15 is 0 Å². The minimum Gasteiger partial charge on any atom is -0.348 e. The van der Waals surface area contributed by atoms with E-state index in [1.807, 2.05) is 0 Å². The maximum Gasteiger partial charge on any atom is 0.309 e. The van der Waals surface area contributed by atoms with Crippen molar-refractivity contribution in [3.8, 4) is 0 Å². The van der Waals surface area contributed by atoms with E-state index in [9.17, 15) is 26.8 Å². The second-order valence-electron chi connectivity index (χ2n) is 7.99. The van der Waals surface area contributed by atoms with Crippen LogP contribution >= 0.6 is 0 Å². The lowest BCUT2D eigenvalue weighted by Crippen LogP contribution is -2.46. The maximum atomic E-state index is 13.6. The monoisotopic (exact) mass is 479 g/mol. The number of aryl methyl sites for hydroxylation is 1. The predicted octanol–water partition coefficient (Wildman–Crippen LogP) is 2.64. The Morgan fingerprint density at radius 1 is 1.06 bits per heavy atom. The van der Waals surface area contributed by atoms with Gasteiger partial charge in [0.2, 0.25) is 10.0 Å². The number of carbonyl (C=O) groups excluding carboxylic acids is 2. The van der Waals surface area contributed by atoms with Gasteiger partial charge in [0.05, 0.1) is 4.90 Å². The highest BCUT2D eigenvalue weighted by molar-refractivity contribution is 7.89. The van der Waals surface area contributed by atoms with Crippen LogP contribution in [0.2, 0.25) is 0 Å². The molecule has 7 nitrogen and oxygen atoms in total. The molecule has 2 amide bonds. The van der Waals surface area contributed by atoms with Gasteiger partial charge >= 0.3 is 11.8 Å². The first kappa shape index (κ1) is 24.8. The molecule has 0 bridgehead atoms. The van der Waals surface area contributed by atoms with Crippen LogP contribution in [-0.2, 0) is 26.2 Å². The van der Waals surface area contributed by atoms with Crippen molar-refractivity contribution in [2.75, 3.05) is 13.1 Å². The molecule has 3 rings (SSSR count). The predicted molar refractivity (Wildman–Crippen MR) is 119 cm³/mol. The molecule has 1 saturated heterocycles. The quantitative estimate of drug-likeness (QED) is 0.597. The zero-order valence-corrected chi connectivity index (χ0v) is 19.1. The first-order valence-electron chi connectivity index (χ1n) is 10.8. The van der Waals surface area contributed by atoms with Crippen LogP contribution in [0.15, 0.2) is 47.4 Å². The van der Waals surface area contributed by atoms with Gasteiger partial charge < -0.3 is 10.6 Å². The van der Waals surface area contributed by atoms with Gasteiger partial charge in [0, 0.05) is 31.2 Å². The standard InChI is InChI=1S/C23H27F2N3O4S/c1-16-14-18(24)9-10-21(16)33(31,32)28-13-5-4-7-19(28)11-12-26-22(29)23(30)27-15-17-6-2-3-8-20(17)25/h2-3,6,8-10,14,19H,4-5,7,11-13,15H2,1H3,(H,26,29)(H,27,30)/t19-/m1/s1. The molecule has 1 aliphatic heterocycles. The largest absolute Gasteiger partial charge is 0.348 e. The first-order valence-corrected chi connectivity index (χ1v) is 12.2. The molecule has 2 N–H and O–H groups in total. The van der Waals surface area contributed by atoms with E-state index in [-0.39, 0.29) is 29.6 Å². The Kier molecular flexibility index (Phi) is 8.15. The van der Waals surface area contributed by atoms with Gasteiger partial charge in [0.25, 0.3) is 0 Å². The maximum absolute atomic E-state index is 13.6. The van der Waals surface area contributed by atoms with Crippen molar-refractivity contribution < 1.29 is 26.8 Å². The van der Waals surface area contributed by atoms with E-state index in [0.717, 1.165) is 12.5 Å². The van der Waals surface area contributed by atoms with Crippen molar-refractivity contribution in [1.82, 2.24) is 14.9 Å². The summed E-state index contributed by atoms with van der Waals surface area (Å²) in [5.74, 6) is -2.75. The molecule has 10 heteroatoms. The van der Waals surface area contributed by atoms with Crippen LogP contribution < -0.4 is 10.6 Å². The van der Waals surface area contributed by atoms with Crippen molar-refractivity contribution in [3.05, 3.63) is 65.2 Å². The summed E-state index contributed by atoms with van der Waals surface area (Å²) in [5, 5.41) is 4.86. The second-order valence-corrected chi connectivity index (χ2v) is 9.85. The molecular formula is C23H27F2N3O4S. The average molecular weight is 480 g/mol. The number of rotatable bonds is 7. The van der Waals surface area contributed by atoms with Gasteiger partial charge in [-0.2, -0.15) is 4.31 Å².